The van der Waals surface area contributed by atoms with E-state index in [1.54, 1.807) is 30.5 Å². The Morgan fingerprint density at radius 3 is 2.50 bits per heavy atom. The molecule has 0 spiro atoms. The summed E-state index contributed by atoms with van der Waals surface area (Å²) in [5.41, 5.74) is 3.03. The first-order chi connectivity index (χ1) is 8.77. The minimum absolute atomic E-state index is 0.0885. The summed E-state index contributed by atoms with van der Waals surface area (Å²) >= 11 is 0. The molecule has 0 amide bonds. The van der Waals surface area contributed by atoms with Crippen LogP contribution in [-0.2, 0) is 0 Å². The van der Waals surface area contributed by atoms with Crippen LogP contribution in [0.5, 0.6) is 0 Å². The number of nitrogens with one attached hydrogen (secondary N) is 1. The van der Waals surface area contributed by atoms with Gasteiger partial charge in [-0.3, -0.25) is 19.4 Å². The quantitative estimate of drug-likeness (QED) is 0.661. The molecule has 18 heavy (non-hydrogen) atoms. The van der Waals surface area contributed by atoms with Gasteiger partial charge in [-0.1, -0.05) is 18.2 Å². The molecule has 0 radical (unpaired) electrons. The Morgan fingerprint density at radius 2 is 1.78 bits per heavy atom. The van der Waals surface area contributed by atoms with Gasteiger partial charge in [-0.25, -0.2) is 0 Å². The summed E-state index contributed by atoms with van der Waals surface area (Å²) in [7, 11) is 0. The molecule has 0 aliphatic carbocycles. The van der Waals surface area contributed by atoms with E-state index in [1.165, 1.54) is 4.40 Å². The van der Waals surface area contributed by atoms with Gasteiger partial charge < -0.3 is 0 Å². The van der Waals surface area contributed by atoms with E-state index in [9.17, 15) is 9.59 Å². The molecule has 2 aromatic heterocycles. The molecule has 5 heteroatoms. The van der Waals surface area contributed by atoms with E-state index in [4.69, 9.17) is 0 Å². The third-order valence-electron chi connectivity index (χ3n) is 2.69. The van der Waals surface area contributed by atoms with Gasteiger partial charge in [0.15, 0.2) is 5.36 Å². The van der Waals surface area contributed by atoms with E-state index in [2.05, 4.69) is 10.5 Å². The van der Waals surface area contributed by atoms with Crippen LogP contribution in [0.2, 0.25) is 0 Å². The van der Waals surface area contributed by atoms with E-state index in [0.717, 1.165) is 5.69 Å². The number of rotatable bonds is 2. The number of hydrogen-bond donors (Lipinski definition) is 1. The molecule has 3 aromatic rings. The second-order valence-electron chi connectivity index (χ2n) is 3.84. The lowest BCUT2D eigenvalue weighted by Crippen LogP contribution is -2.34. The highest BCUT2D eigenvalue weighted by atomic mass is 16.1. The maximum absolute atomic E-state index is 11.9. The highest BCUT2D eigenvalue weighted by Crippen LogP contribution is 2.03. The number of para-hydroxylation sites is 1. The molecule has 0 saturated heterocycles. The van der Waals surface area contributed by atoms with E-state index >= 15 is 0 Å². The molecule has 1 N–H and O–H groups in total. The van der Waals surface area contributed by atoms with Gasteiger partial charge in [0.1, 0.15) is 0 Å². The molecule has 0 fully saturated rings. The molecule has 0 aliphatic heterocycles. The Morgan fingerprint density at radius 1 is 1.00 bits per heavy atom. The molecular formula is C13H9N3O2. The lowest BCUT2D eigenvalue weighted by molar-refractivity contribution is 1.10. The Kier molecular flexibility index (Phi) is 2.30. The van der Waals surface area contributed by atoms with Gasteiger partial charge in [0.25, 0.3) is 5.56 Å². The van der Waals surface area contributed by atoms with Crippen LogP contribution in [0.25, 0.3) is 5.52 Å². The van der Waals surface area contributed by atoms with E-state index in [1.807, 2.05) is 18.2 Å². The van der Waals surface area contributed by atoms with E-state index in [0.29, 0.717) is 5.52 Å². The SMILES string of the molecule is O=c1/c(=N\Nc2ccccc2)c(=O)n2cccc12. The summed E-state index contributed by atoms with van der Waals surface area (Å²) < 4.78 is 1.30. The van der Waals surface area contributed by atoms with Crippen molar-refractivity contribution < 1.29 is 0 Å². The van der Waals surface area contributed by atoms with E-state index < -0.39 is 5.56 Å². The van der Waals surface area contributed by atoms with Gasteiger partial charge in [-0.15, -0.1) is 0 Å². The van der Waals surface area contributed by atoms with Crippen LogP contribution >= 0.6 is 0 Å². The smallest absolute Gasteiger partial charge is 0.285 e. The van der Waals surface area contributed by atoms with Gasteiger partial charge in [0.05, 0.1) is 11.2 Å². The molecule has 0 bridgehead atoms. The van der Waals surface area contributed by atoms with Crippen molar-refractivity contribution in [3.05, 3.63) is 74.6 Å². The van der Waals surface area contributed by atoms with Crippen molar-refractivity contribution in [1.29, 1.82) is 0 Å². The first-order valence-corrected chi connectivity index (χ1v) is 5.43. The molecular weight excluding hydrogens is 230 g/mol. The van der Waals surface area contributed by atoms with Crippen LogP contribution in [-0.4, -0.2) is 4.40 Å². The Balaban J connectivity index is 2.12. The van der Waals surface area contributed by atoms with Crippen molar-refractivity contribution >= 4 is 11.2 Å². The minimum Gasteiger partial charge on any atom is -0.285 e. The Hall–Kier alpha value is -2.69. The zero-order chi connectivity index (χ0) is 12.5. The second-order valence-corrected chi connectivity index (χ2v) is 3.84. The van der Waals surface area contributed by atoms with E-state index in [-0.39, 0.29) is 10.8 Å². The van der Waals surface area contributed by atoms with Crippen molar-refractivity contribution in [2.75, 3.05) is 5.43 Å². The normalized spacial score (nSPS) is 12.1. The number of aromatic nitrogens is 1. The van der Waals surface area contributed by atoms with Crippen LogP contribution in [0.15, 0.2) is 63.4 Å². The number of anilines is 1. The zero-order valence-electron chi connectivity index (χ0n) is 9.33. The number of fused-ring (bicyclic) bond motifs is 1. The topological polar surface area (TPSA) is 62.9 Å². The lowest BCUT2D eigenvalue weighted by Gasteiger charge is -1.95. The second kappa shape index (κ2) is 3.96. The van der Waals surface area contributed by atoms with Gasteiger partial charge >= 0.3 is 0 Å². The fourth-order valence-electron chi connectivity index (χ4n) is 1.81. The van der Waals surface area contributed by atoms with Gasteiger partial charge in [0, 0.05) is 6.20 Å². The average Bonchev–Trinajstić information content (AvgIpc) is 2.95. The summed E-state index contributed by atoms with van der Waals surface area (Å²) in [4.78, 5) is 23.7. The van der Waals surface area contributed by atoms with Crippen molar-refractivity contribution in [1.82, 2.24) is 4.40 Å². The Labute approximate surface area is 101 Å². The maximum Gasteiger partial charge on any atom is 0.287 e. The van der Waals surface area contributed by atoms with Crippen LogP contribution in [0.4, 0.5) is 5.69 Å². The van der Waals surface area contributed by atoms with Crippen molar-refractivity contribution in [2.45, 2.75) is 0 Å². The molecule has 0 saturated carbocycles. The maximum atomic E-state index is 11.9. The van der Waals surface area contributed by atoms with Gasteiger partial charge in [-0.2, -0.15) is 5.10 Å². The monoisotopic (exact) mass is 239 g/mol. The Bertz CT molecular complexity index is 794. The third kappa shape index (κ3) is 1.53. The van der Waals surface area contributed by atoms with Crippen LogP contribution < -0.4 is 21.8 Å². The number of benzene rings is 1. The van der Waals surface area contributed by atoms with Crippen LogP contribution in [0.1, 0.15) is 0 Å². The van der Waals surface area contributed by atoms with Crippen LogP contribution in [0.3, 0.4) is 0 Å². The average molecular weight is 239 g/mol. The van der Waals surface area contributed by atoms with Crippen molar-refractivity contribution in [3.63, 3.8) is 0 Å². The summed E-state index contributed by atoms with van der Waals surface area (Å²) in [5, 5.41) is 3.80. The molecule has 0 unspecified atom stereocenters. The van der Waals surface area contributed by atoms with Gasteiger partial charge in [0.2, 0.25) is 5.43 Å². The number of nitrogens with zero attached hydrogens (tertiary/aromatic N) is 2. The highest BCUT2D eigenvalue weighted by molar-refractivity contribution is 5.48. The summed E-state index contributed by atoms with van der Waals surface area (Å²) in [6, 6.07) is 12.4. The molecule has 0 aliphatic rings. The first-order valence-electron chi connectivity index (χ1n) is 5.43. The van der Waals surface area contributed by atoms with Crippen LogP contribution in [0, 0.1) is 0 Å². The van der Waals surface area contributed by atoms with Crippen molar-refractivity contribution in [3.8, 4) is 0 Å². The molecule has 1 aromatic carbocycles. The zero-order valence-corrected chi connectivity index (χ0v) is 9.33. The first kappa shape index (κ1) is 10.5. The predicted octanol–water partition coefficient (Wildman–Crippen LogP) is 0.463. The molecule has 2 heterocycles. The summed E-state index contributed by atoms with van der Waals surface area (Å²) in [5.74, 6) is 0. The summed E-state index contributed by atoms with van der Waals surface area (Å²) in [6.45, 7) is 0. The molecule has 0 atom stereocenters. The highest BCUT2D eigenvalue weighted by Gasteiger charge is 2.09. The summed E-state index contributed by atoms with van der Waals surface area (Å²) in [6.07, 6.45) is 1.56. The van der Waals surface area contributed by atoms with Crippen molar-refractivity contribution in [2.24, 2.45) is 5.10 Å². The predicted molar refractivity (Wildman–Crippen MR) is 67.9 cm³/mol. The van der Waals surface area contributed by atoms with Gasteiger partial charge in [-0.05, 0) is 24.3 Å². The largest absolute Gasteiger partial charge is 0.287 e. The lowest BCUT2D eigenvalue weighted by atomic mass is 10.3. The molecule has 88 valence electrons. The number of hydrogen-bond acceptors (Lipinski definition) is 4. The molecule has 3 rings (SSSR count). The molecule has 5 nitrogen and oxygen atoms in total. The third-order valence-corrected chi connectivity index (χ3v) is 2.69. The standard InChI is InChI=1S/C13H9N3O2/c17-12-10-7-4-8-16(10)13(18)11(12)15-14-9-5-2-1-3-6-9/h1-8,14H/b15-11+. The minimum atomic E-state index is -0.400. The fourth-order valence-corrected chi connectivity index (χ4v) is 1.81. The fraction of sp³-hybridized carbons (Fsp3) is 0.